The first-order chi connectivity index (χ1) is 8.79. The van der Waals surface area contributed by atoms with Crippen LogP contribution in [0.1, 0.15) is 33.6 Å². The molecule has 0 fully saturated rings. The molecule has 0 unspecified atom stereocenters. The third-order valence-electron chi connectivity index (χ3n) is 3.45. The van der Waals surface area contributed by atoms with Crippen LogP contribution in [0.25, 0.3) is 0 Å². The fraction of sp³-hybridized carbons (Fsp3) is 0.600. The topological polar surface area (TPSA) is 57.6 Å². The lowest BCUT2D eigenvalue weighted by Gasteiger charge is -2.39. The summed E-state index contributed by atoms with van der Waals surface area (Å²) in [5.41, 5.74) is -0.338. The van der Waals surface area contributed by atoms with Gasteiger partial charge in [-0.25, -0.2) is 0 Å². The van der Waals surface area contributed by atoms with E-state index < -0.39 is 17.8 Å². The van der Waals surface area contributed by atoms with Gasteiger partial charge < -0.3 is 10.0 Å². The van der Waals surface area contributed by atoms with Crippen molar-refractivity contribution in [3.63, 3.8) is 0 Å². The van der Waals surface area contributed by atoms with E-state index >= 15 is 0 Å². The predicted molar refractivity (Wildman–Crippen MR) is 74.7 cm³/mol. The highest BCUT2D eigenvalue weighted by molar-refractivity contribution is 5.86. The fourth-order valence-electron chi connectivity index (χ4n) is 2.38. The number of carbonyl (C=O) groups is 2. The van der Waals surface area contributed by atoms with Gasteiger partial charge in [0, 0.05) is 12.1 Å². The van der Waals surface area contributed by atoms with Crippen molar-refractivity contribution in [2.24, 2.45) is 11.8 Å². The van der Waals surface area contributed by atoms with Crippen LogP contribution in [0, 0.1) is 11.8 Å². The Labute approximate surface area is 114 Å². The average Bonchev–Trinajstić information content (AvgIpc) is 2.33. The van der Waals surface area contributed by atoms with Crippen molar-refractivity contribution < 1.29 is 14.7 Å². The van der Waals surface area contributed by atoms with Crippen LogP contribution < -0.4 is 0 Å². The zero-order valence-corrected chi connectivity index (χ0v) is 11.9. The highest BCUT2D eigenvalue weighted by Gasteiger charge is 2.38. The lowest BCUT2D eigenvalue weighted by atomic mass is 9.81. The van der Waals surface area contributed by atoms with Crippen LogP contribution in [0.15, 0.2) is 24.8 Å². The molecule has 0 radical (unpaired) electrons. The van der Waals surface area contributed by atoms with Crippen LogP contribution in [-0.2, 0) is 9.59 Å². The third-order valence-corrected chi connectivity index (χ3v) is 3.45. The Morgan fingerprint density at radius 1 is 1.32 bits per heavy atom. The van der Waals surface area contributed by atoms with Crippen molar-refractivity contribution >= 4 is 11.9 Å². The normalized spacial score (nSPS) is 22.9. The van der Waals surface area contributed by atoms with Crippen molar-refractivity contribution in [1.29, 1.82) is 0 Å². The number of carboxylic acid groups (broad SMARTS) is 1. The molecule has 0 aromatic carbocycles. The van der Waals surface area contributed by atoms with Crippen LogP contribution in [0.2, 0.25) is 0 Å². The quantitative estimate of drug-likeness (QED) is 0.794. The van der Waals surface area contributed by atoms with Crippen LogP contribution in [-0.4, -0.2) is 34.0 Å². The standard InChI is InChI=1S/C15H23NO3/c1-5-10-16(15(2,3)4)13(17)11-8-6-7-9-12(11)14(18)19/h5-7,11-12H,1,8-10H2,2-4H3,(H,18,19)/t11-,12+/m1/s1. The van der Waals surface area contributed by atoms with Crippen molar-refractivity contribution in [1.82, 2.24) is 4.90 Å². The molecule has 1 aliphatic rings. The number of hydrogen-bond donors (Lipinski definition) is 1. The first kappa shape index (κ1) is 15.5. The number of rotatable bonds is 4. The Morgan fingerprint density at radius 3 is 2.26 bits per heavy atom. The average molecular weight is 265 g/mol. The Morgan fingerprint density at radius 2 is 1.84 bits per heavy atom. The second-order valence-electron chi connectivity index (χ2n) is 5.90. The maximum atomic E-state index is 12.6. The van der Waals surface area contributed by atoms with Gasteiger partial charge in [-0.2, -0.15) is 0 Å². The van der Waals surface area contributed by atoms with Gasteiger partial charge in [0.15, 0.2) is 0 Å². The van der Waals surface area contributed by atoms with Crippen LogP contribution in [0.4, 0.5) is 0 Å². The minimum atomic E-state index is -0.893. The van der Waals surface area contributed by atoms with E-state index in [1.54, 1.807) is 11.0 Å². The number of amides is 1. The number of allylic oxidation sites excluding steroid dienone is 2. The molecule has 1 N–H and O–H groups in total. The minimum Gasteiger partial charge on any atom is -0.481 e. The first-order valence-electron chi connectivity index (χ1n) is 6.59. The Hall–Kier alpha value is -1.58. The van der Waals surface area contributed by atoms with Crippen LogP contribution in [0.5, 0.6) is 0 Å². The molecular formula is C15H23NO3. The summed E-state index contributed by atoms with van der Waals surface area (Å²) < 4.78 is 0. The fourth-order valence-corrected chi connectivity index (χ4v) is 2.38. The molecule has 4 heteroatoms. The highest BCUT2D eigenvalue weighted by Crippen LogP contribution is 2.30. The molecule has 4 nitrogen and oxygen atoms in total. The van der Waals surface area contributed by atoms with E-state index in [0.717, 1.165) is 0 Å². The molecule has 0 aromatic rings. The zero-order chi connectivity index (χ0) is 14.6. The van der Waals surface area contributed by atoms with Gasteiger partial charge in [-0.3, -0.25) is 9.59 Å². The SMILES string of the molecule is C=CCN(C(=O)[C@@H]1CC=CC[C@@H]1C(=O)O)C(C)(C)C. The number of carbonyl (C=O) groups excluding carboxylic acids is 1. The Bertz CT molecular complexity index is 393. The largest absolute Gasteiger partial charge is 0.481 e. The van der Waals surface area contributed by atoms with E-state index in [1.807, 2.05) is 32.9 Å². The molecule has 106 valence electrons. The van der Waals surface area contributed by atoms with Gasteiger partial charge >= 0.3 is 5.97 Å². The lowest BCUT2D eigenvalue weighted by Crippen LogP contribution is -2.50. The monoisotopic (exact) mass is 265 g/mol. The van der Waals surface area contributed by atoms with E-state index in [1.165, 1.54) is 0 Å². The number of nitrogens with zero attached hydrogens (tertiary/aromatic N) is 1. The van der Waals surface area contributed by atoms with Crippen molar-refractivity contribution in [2.45, 2.75) is 39.2 Å². The van der Waals surface area contributed by atoms with Crippen molar-refractivity contribution in [3.8, 4) is 0 Å². The molecule has 19 heavy (non-hydrogen) atoms. The summed E-state index contributed by atoms with van der Waals surface area (Å²) in [6.45, 7) is 9.95. The molecule has 2 atom stereocenters. The van der Waals surface area contributed by atoms with Gasteiger partial charge in [0.25, 0.3) is 0 Å². The minimum absolute atomic E-state index is 0.0934. The van der Waals surface area contributed by atoms with E-state index in [4.69, 9.17) is 0 Å². The van der Waals surface area contributed by atoms with Gasteiger partial charge in [-0.05, 0) is 33.6 Å². The van der Waals surface area contributed by atoms with Gasteiger partial charge in [-0.15, -0.1) is 6.58 Å². The maximum absolute atomic E-state index is 12.6. The molecule has 0 aromatic heterocycles. The van der Waals surface area contributed by atoms with Gasteiger partial charge in [0.05, 0.1) is 11.8 Å². The van der Waals surface area contributed by atoms with E-state index in [0.29, 0.717) is 19.4 Å². The van der Waals surface area contributed by atoms with E-state index in [-0.39, 0.29) is 11.4 Å². The Balaban J connectivity index is 2.97. The van der Waals surface area contributed by atoms with Crippen molar-refractivity contribution in [2.75, 3.05) is 6.54 Å². The molecule has 1 aliphatic carbocycles. The third kappa shape index (κ3) is 3.69. The molecule has 1 amide bonds. The zero-order valence-electron chi connectivity index (χ0n) is 11.9. The molecule has 1 rings (SSSR count). The van der Waals surface area contributed by atoms with E-state index in [2.05, 4.69) is 6.58 Å². The smallest absolute Gasteiger partial charge is 0.307 e. The van der Waals surface area contributed by atoms with Crippen LogP contribution >= 0.6 is 0 Å². The highest BCUT2D eigenvalue weighted by atomic mass is 16.4. The summed E-state index contributed by atoms with van der Waals surface area (Å²) in [4.78, 5) is 25.6. The van der Waals surface area contributed by atoms with Crippen LogP contribution in [0.3, 0.4) is 0 Å². The molecule has 0 spiro atoms. The summed E-state index contributed by atoms with van der Waals surface area (Å²) in [6, 6.07) is 0. The maximum Gasteiger partial charge on any atom is 0.307 e. The molecule has 0 heterocycles. The van der Waals surface area contributed by atoms with Crippen molar-refractivity contribution in [3.05, 3.63) is 24.8 Å². The second kappa shape index (κ2) is 6.04. The van der Waals surface area contributed by atoms with E-state index in [9.17, 15) is 14.7 Å². The number of hydrogen-bond acceptors (Lipinski definition) is 2. The summed E-state index contributed by atoms with van der Waals surface area (Å²) in [7, 11) is 0. The lowest BCUT2D eigenvalue weighted by molar-refractivity contribution is -0.152. The summed E-state index contributed by atoms with van der Waals surface area (Å²) in [6.07, 6.45) is 6.35. The predicted octanol–water partition coefficient (Wildman–Crippen LogP) is 2.47. The molecule has 0 aliphatic heterocycles. The Kier molecular flexibility index (Phi) is 4.92. The summed E-state index contributed by atoms with van der Waals surface area (Å²) in [5, 5.41) is 9.25. The molecule has 0 saturated heterocycles. The number of carboxylic acids is 1. The van der Waals surface area contributed by atoms with Gasteiger partial charge in [0.2, 0.25) is 5.91 Å². The first-order valence-corrected chi connectivity index (χ1v) is 6.59. The van der Waals surface area contributed by atoms with Gasteiger partial charge in [-0.1, -0.05) is 18.2 Å². The summed E-state index contributed by atoms with van der Waals surface area (Å²) >= 11 is 0. The number of aliphatic carboxylic acids is 1. The molecule has 0 saturated carbocycles. The molecular weight excluding hydrogens is 242 g/mol. The summed E-state index contributed by atoms with van der Waals surface area (Å²) in [5.74, 6) is -2.08. The molecule has 0 bridgehead atoms. The second-order valence-corrected chi connectivity index (χ2v) is 5.90. The van der Waals surface area contributed by atoms with Gasteiger partial charge in [0.1, 0.15) is 0 Å².